The van der Waals surface area contributed by atoms with Gasteiger partial charge in [0.05, 0.1) is 18.1 Å². The van der Waals surface area contributed by atoms with Crippen molar-refractivity contribution in [2.75, 3.05) is 20.2 Å². The number of benzene rings is 2. The van der Waals surface area contributed by atoms with Gasteiger partial charge in [0.15, 0.2) is 0 Å². The molecule has 7 nitrogen and oxygen atoms in total. The number of methoxy groups -OCH3 is 1. The monoisotopic (exact) mass is 451 g/mol. The number of carbonyl (C=O) groups excluding carboxylic acids is 1. The van der Waals surface area contributed by atoms with Gasteiger partial charge < -0.3 is 10.1 Å². The Bertz CT molecular complexity index is 1100. The second-order valence-corrected chi connectivity index (χ2v) is 8.78. The molecule has 0 bridgehead atoms. The van der Waals surface area contributed by atoms with Gasteiger partial charge in [-0.2, -0.15) is 0 Å². The molecule has 0 saturated carbocycles. The summed E-state index contributed by atoms with van der Waals surface area (Å²) in [6, 6.07) is 16.5. The van der Waals surface area contributed by atoms with Crippen LogP contribution >= 0.6 is 11.3 Å². The lowest BCUT2D eigenvalue weighted by atomic mass is 9.91. The Morgan fingerprint density at radius 2 is 1.91 bits per heavy atom. The Morgan fingerprint density at radius 3 is 2.56 bits per heavy atom. The van der Waals surface area contributed by atoms with Crippen LogP contribution in [0.15, 0.2) is 60.0 Å². The van der Waals surface area contributed by atoms with Gasteiger partial charge in [-0.1, -0.05) is 12.1 Å². The van der Waals surface area contributed by atoms with Crippen LogP contribution in [0.2, 0.25) is 0 Å². The first-order valence-electron chi connectivity index (χ1n) is 10.5. The summed E-state index contributed by atoms with van der Waals surface area (Å²) in [7, 11) is 1.66. The number of non-ortho nitro benzene ring substituents is 1. The summed E-state index contributed by atoms with van der Waals surface area (Å²) in [5.41, 5.74) is 2.96. The fourth-order valence-corrected chi connectivity index (χ4v) is 5.29. The molecule has 32 heavy (non-hydrogen) atoms. The summed E-state index contributed by atoms with van der Waals surface area (Å²) in [6.45, 7) is 3.39. The van der Waals surface area contributed by atoms with E-state index in [1.54, 1.807) is 18.4 Å². The predicted molar refractivity (Wildman–Crippen MR) is 124 cm³/mol. The van der Waals surface area contributed by atoms with Crippen LogP contribution in [0.1, 0.15) is 39.3 Å². The largest absolute Gasteiger partial charge is 0.497 e. The lowest BCUT2D eigenvalue weighted by Crippen LogP contribution is -2.45. The number of amides is 1. The Kier molecular flexibility index (Phi) is 6.53. The van der Waals surface area contributed by atoms with E-state index in [2.05, 4.69) is 40.7 Å². The van der Waals surface area contributed by atoms with Gasteiger partial charge in [-0.3, -0.25) is 19.8 Å². The third-order valence-corrected chi connectivity index (χ3v) is 6.88. The molecule has 0 fully saturated rings. The molecule has 166 valence electrons. The van der Waals surface area contributed by atoms with Crippen LogP contribution in [0.4, 0.5) is 5.69 Å². The van der Waals surface area contributed by atoms with E-state index >= 15 is 0 Å². The van der Waals surface area contributed by atoms with Crippen molar-refractivity contribution in [3.8, 4) is 5.75 Å². The number of nitrogens with one attached hydrogen (secondary N) is 1. The number of ether oxygens (including phenoxy) is 1. The molecule has 3 aromatic rings. The van der Waals surface area contributed by atoms with Crippen LogP contribution in [-0.4, -0.2) is 42.0 Å². The SMILES string of the molecule is COc1ccc([C@H]2c3sccc3C[C@H](C)N2CCNC(=O)c2ccc([N+](=O)[O-])cc2)cc1. The highest BCUT2D eigenvalue weighted by molar-refractivity contribution is 7.10. The molecule has 2 heterocycles. The van der Waals surface area contributed by atoms with E-state index in [1.807, 2.05) is 12.1 Å². The maximum Gasteiger partial charge on any atom is 0.269 e. The highest BCUT2D eigenvalue weighted by Gasteiger charge is 2.34. The highest BCUT2D eigenvalue weighted by Crippen LogP contribution is 2.40. The van der Waals surface area contributed by atoms with Gasteiger partial charge in [0.1, 0.15) is 5.75 Å². The van der Waals surface area contributed by atoms with Gasteiger partial charge in [-0.05, 0) is 60.2 Å². The van der Waals surface area contributed by atoms with Crippen LogP contribution in [0.3, 0.4) is 0 Å². The number of nitro benzene ring substituents is 1. The van der Waals surface area contributed by atoms with Crippen molar-refractivity contribution >= 4 is 22.9 Å². The molecular formula is C24H25N3O4S. The van der Waals surface area contributed by atoms with Crippen molar-refractivity contribution in [2.24, 2.45) is 0 Å². The summed E-state index contributed by atoms with van der Waals surface area (Å²) in [6.07, 6.45) is 0.974. The third kappa shape index (κ3) is 4.51. The molecule has 0 saturated heterocycles. The molecule has 1 N–H and O–H groups in total. The molecule has 1 aliphatic heterocycles. The predicted octanol–water partition coefficient (Wildman–Crippen LogP) is 4.43. The lowest BCUT2D eigenvalue weighted by molar-refractivity contribution is -0.384. The normalized spacial score (nSPS) is 18.1. The van der Waals surface area contributed by atoms with Crippen molar-refractivity contribution in [1.82, 2.24) is 10.2 Å². The van der Waals surface area contributed by atoms with Crippen molar-refractivity contribution in [2.45, 2.75) is 25.4 Å². The van der Waals surface area contributed by atoms with Crippen molar-refractivity contribution in [1.29, 1.82) is 0 Å². The number of nitrogens with zero attached hydrogens (tertiary/aromatic N) is 2. The van der Waals surface area contributed by atoms with E-state index in [0.717, 1.165) is 12.2 Å². The molecule has 0 radical (unpaired) electrons. The van der Waals surface area contributed by atoms with Gasteiger partial charge >= 0.3 is 0 Å². The minimum Gasteiger partial charge on any atom is -0.497 e. The molecule has 0 unspecified atom stereocenters. The average molecular weight is 452 g/mol. The lowest BCUT2D eigenvalue weighted by Gasteiger charge is -2.41. The smallest absolute Gasteiger partial charge is 0.269 e. The fourth-order valence-electron chi connectivity index (χ4n) is 4.21. The Balaban J connectivity index is 1.48. The maximum atomic E-state index is 12.5. The summed E-state index contributed by atoms with van der Waals surface area (Å²) in [5, 5.41) is 15.9. The van der Waals surface area contributed by atoms with Gasteiger partial charge in [0, 0.05) is 41.7 Å². The summed E-state index contributed by atoms with van der Waals surface area (Å²) in [5.74, 6) is 0.591. The maximum absolute atomic E-state index is 12.5. The van der Waals surface area contributed by atoms with E-state index in [0.29, 0.717) is 24.7 Å². The zero-order valence-electron chi connectivity index (χ0n) is 18.0. The second kappa shape index (κ2) is 9.50. The van der Waals surface area contributed by atoms with Crippen molar-refractivity contribution in [3.63, 3.8) is 0 Å². The Hall–Kier alpha value is -3.23. The van der Waals surface area contributed by atoms with Gasteiger partial charge in [-0.15, -0.1) is 11.3 Å². The first-order valence-corrected chi connectivity index (χ1v) is 11.3. The van der Waals surface area contributed by atoms with Crippen molar-refractivity contribution in [3.05, 3.63) is 91.7 Å². The van der Waals surface area contributed by atoms with E-state index in [4.69, 9.17) is 4.74 Å². The summed E-state index contributed by atoms with van der Waals surface area (Å²) in [4.78, 5) is 26.6. The number of hydrogen-bond donors (Lipinski definition) is 1. The number of hydrogen-bond acceptors (Lipinski definition) is 6. The number of carbonyl (C=O) groups is 1. The molecule has 1 aliphatic rings. The molecule has 1 amide bonds. The van der Waals surface area contributed by atoms with Crippen LogP contribution in [0.5, 0.6) is 5.75 Å². The Morgan fingerprint density at radius 1 is 1.19 bits per heavy atom. The highest BCUT2D eigenvalue weighted by atomic mass is 32.1. The zero-order valence-corrected chi connectivity index (χ0v) is 18.8. The molecule has 0 spiro atoms. The number of nitro groups is 1. The van der Waals surface area contributed by atoms with Gasteiger partial charge in [0.25, 0.3) is 11.6 Å². The molecule has 2 aromatic carbocycles. The molecule has 1 aromatic heterocycles. The standard InChI is InChI=1S/C24H25N3O4S/c1-16-15-19-11-14-32-23(19)22(17-5-9-21(31-2)10-6-17)26(16)13-12-25-24(28)18-3-7-20(8-4-18)27(29)30/h3-11,14,16,22H,12-13,15H2,1-2H3,(H,25,28)/t16-,22-/m0/s1. The fraction of sp³-hybridized carbons (Fsp3) is 0.292. The average Bonchev–Trinajstić information content (AvgIpc) is 3.27. The number of fused-ring (bicyclic) bond motifs is 1. The van der Waals surface area contributed by atoms with Crippen molar-refractivity contribution < 1.29 is 14.5 Å². The van der Waals surface area contributed by atoms with Gasteiger partial charge in [-0.25, -0.2) is 0 Å². The Labute approximate surface area is 190 Å². The molecule has 4 rings (SSSR count). The second-order valence-electron chi connectivity index (χ2n) is 7.84. The van der Waals surface area contributed by atoms with E-state index in [-0.39, 0.29) is 17.6 Å². The van der Waals surface area contributed by atoms with E-state index < -0.39 is 4.92 Å². The molecule has 8 heteroatoms. The number of rotatable bonds is 7. The first kappa shape index (κ1) is 22.0. The van der Waals surface area contributed by atoms with Crippen LogP contribution in [0, 0.1) is 10.1 Å². The summed E-state index contributed by atoms with van der Waals surface area (Å²) < 4.78 is 5.32. The van der Waals surface area contributed by atoms with Crippen LogP contribution < -0.4 is 10.1 Å². The van der Waals surface area contributed by atoms with Crippen LogP contribution in [-0.2, 0) is 6.42 Å². The van der Waals surface area contributed by atoms with E-state index in [1.165, 1.54) is 40.3 Å². The number of thiophene rings is 1. The topological polar surface area (TPSA) is 84.7 Å². The van der Waals surface area contributed by atoms with Crippen LogP contribution in [0.25, 0.3) is 0 Å². The molecule has 2 atom stereocenters. The summed E-state index contributed by atoms with van der Waals surface area (Å²) >= 11 is 1.77. The minimum absolute atomic E-state index is 0.0298. The third-order valence-electron chi connectivity index (χ3n) is 5.87. The van der Waals surface area contributed by atoms with Gasteiger partial charge in [0.2, 0.25) is 0 Å². The molecule has 0 aliphatic carbocycles. The quantitative estimate of drug-likeness (QED) is 0.424. The molecular weight excluding hydrogens is 426 g/mol. The first-order chi connectivity index (χ1) is 15.5. The zero-order chi connectivity index (χ0) is 22.7. The van der Waals surface area contributed by atoms with E-state index in [9.17, 15) is 14.9 Å². The minimum atomic E-state index is -0.475.